The number of hydrogen-bond acceptors (Lipinski definition) is 4. The molecular formula is C14H17F8NO3S. The molecule has 1 rings (SSSR count). The minimum atomic E-state index is -6.42. The number of halogens is 8. The van der Waals surface area contributed by atoms with Crippen LogP contribution in [0.5, 0.6) is 0 Å². The molecule has 0 N–H and O–H groups in total. The van der Waals surface area contributed by atoms with Gasteiger partial charge in [0.2, 0.25) is 0 Å². The van der Waals surface area contributed by atoms with Crippen LogP contribution in [-0.2, 0) is 14.5 Å². The molecule has 0 spiro atoms. The average Bonchev–Trinajstić information content (AvgIpc) is 2.58. The van der Waals surface area contributed by atoms with E-state index in [9.17, 15) is 43.7 Å². The summed E-state index contributed by atoms with van der Waals surface area (Å²) in [5, 5.41) is -5.76. The normalized spacial score (nSPS) is 13.0. The topological polar surface area (TPSA) is 56.3 Å². The van der Waals surface area contributed by atoms with E-state index >= 15 is 0 Å². The molecule has 0 aliphatic heterocycles. The Labute approximate surface area is 150 Å². The summed E-state index contributed by atoms with van der Waals surface area (Å²) in [7, 11) is -6.42. The molecule has 1 heterocycles. The molecule has 0 aromatic carbocycles. The maximum Gasteiger partial charge on any atom is 0.434 e. The zero-order chi connectivity index (χ0) is 21.2. The van der Waals surface area contributed by atoms with Gasteiger partial charge in [0.1, 0.15) is 0 Å². The van der Waals surface area contributed by atoms with E-state index in [0.29, 0.717) is 0 Å². The van der Waals surface area contributed by atoms with Gasteiger partial charge in [-0.3, -0.25) is 4.98 Å². The zero-order valence-electron chi connectivity index (χ0n) is 13.7. The minimum absolute atomic E-state index is 0.145. The highest BCUT2D eigenvalue weighted by molar-refractivity contribution is 7.87. The summed E-state index contributed by atoms with van der Waals surface area (Å²) in [5.74, 6) is -5.10. The summed E-state index contributed by atoms with van der Waals surface area (Å²) in [6, 6.07) is 5.72. The fourth-order valence-electron chi connectivity index (χ4n) is 1.71. The smallest absolute Gasteiger partial charge is 0.265 e. The first-order chi connectivity index (χ1) is 12.3. The Morgan fingerprint density at radius 1 is 0.778 bits per heavy atom. The second kappa shape index (κ2) is 10.7. The van der Waals surface area contributed by atoms with Gasteiger partial charge in [-0.1, -0.05) is 23.3 Å². The van der Waals surface area contributed by atoms with Gasteiger partial charge in [-0.15, -0.1) is 0 Å². The molecular weight excluding hydrogens is 414 g/mol. The molecule has 0 aliphatic rings. The zero-order valence-corrected chi connectivity index (χ0v) is 14.5. The molecule has 0 saturated carbocycles. The molecule has 0 saturated heterocycles. The predicted molar refractivity (Wildman–Crippen MR) is 79.0 cm³/mol. The van der Waals surface area contributed by atoms with Gasteiger partial charge in [-0.05, 0) is 29.5 Å². The SMILES string of the molecule is O=S(=O)(OF)C(F)(F)C(F)(F)CCCCCCC(F)(F)F.c1ccncc1. The predicted octanol–water partition coefficient (Wildman–Crippen LogP) is 5.43. The molecule has 0 amide bonds. The molecule has 158 valence electrons. The van der Waals surface area contributed by atoms with E-state index in [1.165, 1.54) is 0 Å². The maximum atomic E-state index is 13.0. The number of aromatic nitrogens is 1. The van der Waals surface area contributed by atoms with Gasteiger partial charge in [0.15, 0.2) is 0 Å². The van der Waals surface area contributed by atoms with Crippen molar-refractivity contribution in [2.75, 3.05) is 0 Å². The number of alkyl halides is 7. The molecule has 13 heteroatoms. The Balaban J connectivity index is 0.000000941. The lowest BCUT2D eigenvalue weighted by molar-refractivity contribution is -0.173. The highest BCUT2D eigenvalue weighted by Gasteiger charge is 2.66. The fraction of sp³-hybridized carbons (Fsp3) is 0.643. The Hall–Kier alpha value is -1.50. The Morgan fingerprint density at radius 3 is 1.59 bits per heavy atom. The van der Waals surface area contributed by atoms with Crippen molar-refractivity contribution in [1.82, 2.24) is 4.98 Å². The molecule has 0 bridgehead atoms. The molecule has 0 atom stereocenters. The van der Waals surface area contributed by atoms with Crippen LogP contribution < -0.4 is 0 Å². The largest absolute Gasteiger partial charge is 0.434 e. The first-order valence-corrected chi connectivity index (χ1v) is 8.90. The Bertz CT molecular complexity index is 596. The summed E-state index contributed by atoms with van der Waals surface area (Å²) in [6.07, 6.45) is -5.06. The third kappa shape index (κ3) is 9.31. The highest BCUT2D eigenvalue weighted by atomic mass is 32.2. The van der Waals surface area contributed by atoms with E-state index in [1.807, 2.05) is 22.6 Å². The van der Waals surface area contributed by atoms with E-state index in [1.54, 1.807) is 12.4 Å². The van der Waals surface area contributed by atoms with Crippen LogP contribution in [0.3, 0.4) is 0 Å². The molecule has 1 aromatic rings. The number of pyridine rings is 1. The van der Waals surface area contributed by atoms with Crippen molar-refractivity contribution in [2.45, 2.75) is 55.9 Å². The summed E-state index contributed by atoms with van der Waals surface area (Å²) in [4.78, 5) is 3.78. The van der Waals surface area contributed by atoms with Crippen molar-refractivity contribution in [3.05, 3.63) is 30.6 Å². The van der Waals surface area contributed by atoms with Crippen molar-refractivity contribution < 1.29 is 48.1 Å². The van der Waals surface area contributed by atoms with E-state index in [-0.39, 0.29) is 19.3 Å². The van der Waals surface area contributed by atoms with E-state index in [0.717, 1.165) is 0 Å². The summed E-state index contributed by atoms with van der Waals surface area (Å²) in [5.41, 5.74) is 0. The summed E-state index contributed by atoms with van der Waals surface area (Å²) in [6.45, 7) is 0. The Morgan fingerprint density at radius 2 is 1.26 bits per heavy atom. The number of nitrogens with zero attached hydrogens (tertiary/aromatic N) is 1. The minimum Gasteiger partial charge on any atom is -0.265 e. The van der Waals surface area contributed by atoms with Crippen LogP contribution in [0.15, 0.2) is 30.6 Å². The molecule has 0 aliphatic carbocycles. The van der Waals surface area contributed by atoms with Gasteiger partial charge < -0.3 is 0 Å². The van der Waals surface area contributed by atoms with Crippen LogP contribution in [0.1, 0.15) is 38.5 Å². The lowest BCUT2D eigenvalue weighted by Gasteiger charge is -2.23. The monoisotopic (exact) mass is 431 g/mol. The molecule has 27 heavy (non-hydrogen) atoms. The lowest BCUT2D eigenvalue weighted by atomic mass is 10.1. The van der Waals surface area contributed by atoms with Crippen LogP contribution in [0, 0.1) is 0 Å². The standard InChI is InChI=1S/C9H12F8O3S.C5H5N/c10-7(11,9(15,16)21(18,19)20-17)5-3-1-2-4-6-8(12,13)14;1-2-4-6-5-3-1/h1-6H2;1-5H. The molecule has 1 aromatic heterocycles. The third-order valence-electron chi connectivity index (χ3n) is 3.09. The van der Waals surface area contributed by atoms with Gasteiger partial charge in [0, 0.05) is 25.2 Å². The third-order valence-corrected chi connectivity index (χ3v) is 4.18. The Kier molecular flexibility index (Phi) is 10.1. The van der Waals surface area contributed by atoms with Gasteiger partial charge >= 0.3 is 27.5 Å². The van der Waals surface area contributed by atoms with Crippen LogP contribution in [0.2, 0.25) is 0 Å². The fourth-order valence-corrected chi connectivity index (χ4v) is 2.25. The van der Waals surface area contributed by atoms with E-state index < -0.39 is 46.7 Å². The second-order valence-electron chi connectivity index (χ2n) is 5.29. The summed E-state index contributed by atoms with van der Waals surface area (Å²) < 4.78 is 121. The molecule has 0 radical (unpaired) electrons. The van der Waals surface area contributed by atoms with Crippen molar-refractivity contribution in [1.29, 1.82) is 0 Å². The highest BCUT2D eigenvalue weighted by Crippen LogP contribution is 2.43. The van der Waals surface area contributed by atoms with Crippen molar-refractivity contribution in [3.8, 4) is 0 Å². The van der Waals surface area contributed by atoms with E-state index in [4.69, 9.17) is 0 Å². The van der Waals surface area contributed by atoms with Gasteiger partial charge in [0.05, 0.1) is 0 Å². The van der Waals surface area contributed by atoms with Gasteiger partial charge in [0.25, 0.3) is 0 Å². The van der Waals surface area contributed by atoms with Gasteiger partial charge in [-0.25, -0.2) is 0 Å². The number of unbranched alkanes of at least 4 members (excludes halogenated alkanes) is 3. The number of rotatable bonds is 9. The van der Waals surface area contributed by atoms with E-state index in [2.05, 4.69) is 4.98 Å². The number of hydrogen-bond donors (Lipinski definition) is 0. The lowest BCUT2D eigenvalue weighted by Crippen LogP contribution is -2.47. The van der Waals surface area contributed by atoms with Crippen LogP contribution in [0.25, 0.3) is 0 Å². The first-order valence-electron chi connectivity index (χ1n) is 7.49. The maximum absolute atomic E-state index is 13.0. The van der Waals surface area contributed by atoms with Crippen LogP contribution in [0.4, 0.5) is 35.3 Å². The van der Waals surface area contributed by atoms with Crippen LogP contribution in [-0.4, -0.2) is 30.8 Å². The first kappa shape index (κ1) is 25.5. The summed E-state index contributed by atoms with van der Waals surface area (Å²) >= 11 is 0. The van der Waals surface area contributed by atoms with Crippen LogP contribution >= 0.6 is 0 Å². The van der Waals surface area contributed by atoms with Crippen molar-refractivity contribution in [3.63, 3.8) is 0 Å². The second-order valence-corrected chi connectivity index (χ2v) is 6.84. The van der Waals surface area contributed by atoms with Gasteiger partial charge in [-0.2, -0.15) is 39.2 Å². The molecule has 0 fully saturated rings. The average molecular weight is 431 g/mol. The quantitative estimate of drug-likeness (QED) is 0.387. The molecule has 0 unspecified atom stereocenters. The van der Waals surface area contributed by atoms with Crippen molar-refractivity contribution >= 4 is 10.1 Å². The molecule has 4 nitrogen and oxygen atoms in total. The van der Waals surface area contributed by atoms with Crippen molar-refractivity contribution in [2.24, 2.45) is 0 Å².